The average molecular weight is 436 g/mol. The summed E-state index contributed by atoms with van der Waals surface area (Å²) in [5.41, 5.74) is 0.240. The second-order valence-electron chi connectivity index (χ2n) is 7.63. The van der Waals surface area contributed by atoms with Gasteiger partial charge in [-0.2, -0.15) is 0 Å². The van der Waals surface area contributed by atoms with Gasteiger partial charge in [-0.15, -0.1) is 0 Å². The zero-order chi connectivity index (χ0) is 20.9. The Morgan fingerprint density at radius 2 is 1.52 bits per heavy atom. The van der Waals surface area contributed by atoms with E-state index in [0.29, 0.717) is 17.3 Å². The third-order valence-corrected chi connectivity index (χ3v) is 5.52. The number of ether oxygens (including phenoxy) is 1. The first-order valence-corrected chi connectivity index (χ1v) is 10.5. The number of amides is 1. The lowest BCUT2D eigenvalue weighted by atomic mass is 10.1. The number of nitrogens with one attached hydrogen (secondary N) is 1. The molecule has 2 aromatic rings. The van der Waals surface area contributed by atoms with E-state index in [-0.39, 0.29) is 5.91 Å². The largest absolute Gasteiger partial charge is 0.478 e. The summed E-state index contributed by atoms with van der Waals surface area (Å²) < 4.78 is 5.83. The van der Waals surface area contributed by atoms with E-state index in [1.807, 2.05) is 12.1 Å². The molecule has 1 heterocycles. The Bertz CT molecular complexity index is 802. The number of benzene rings is 2. The molecule has 1 amide bonds. The zero-order valence-corrected chi connectivity index (χ0v) is 18.3. The molecule has 0 unspecified atom stereocenters. The van der Waals surface area contributed by atoms with Gasteiger partial charge in [-0.05, 0) is 62.4 Å². The minimum Gasteiger partial charge on any atom is -0.478 e. The molecule has 2 aromatic carbocycles. The van der Waals surface area contributed by atoms with Crippen LogP contribution in [0.4, 0.5) is 5.69 Å². The lowest BCUT2D eigenvalue weighted by molar-refractivity contribution is -0.134. The molecule has 1 fully saturated rings. The molecule has 1 aliphatic heterocycles. The fourth-order valence-corrected chi connectivity index (χ4v) is 3.52. The van der Waals surface area contributed by atoms with E-state index < -0.39 is 5.60 Å². The molecular formula is C22H27Cl2N3O2. The number of halogens is 2. The van der Waals surface area contributed by atoms with Gasteiger partial charge >= 0.3 is 0 Å². The van der Waals surface area contributed by atoms with Gasteiger partial charge in [-0.1, -0.05) is 23.2 Å². The van der Waals surface area contributed by atoms with Gasteiger partial charge in [0.2, 0.25) is 0 Å². The smallest absolute Gasteiger partial charge is 0.263 e. The van der Waals surface area contributed by atoms with Crippen LogP contribution >= 0.6 is 23.2 Å². The number of anilines is 1. The molecule has 0 bridgehead atoms. The van der Waals surface area contributed by atoms with Crippen molar-refractivity contribution in [3.63, 3.8) is 0 Å². The van der Waals surface area contributed by atoms with Crippen LogP contribution in [0.1, 0.15) is 13.8 Å². The second kappa shape index (κ2) is 9.70. The summed E-state index contributed by atoms with van der Waals surface area (Å²) in [6.45, 7) is 8.78. The van der Waals surface area contributed by atoms with Crippen LogP contribution in [0.15, 0.2) is 48.5 Å². The molecule has 0 aromatic heterocycles. The van der Waals surface area contributed by atoms with Crippen molar-refractivity contribution in [1.29, 1.82) is 0 Å². The van der Waals surface area contributed by atoms with Crippen molar-refractivity contribution >= 4 is 34.8 Å². The molecule has 7 heteroatoms. The highest BCUT2D eigenvalue weighted by Gasteiger charge is 2.29. The minimum absolute atomic E-state index is 0.132. The van der Waals surface area contributed by atoms with Crippen molar-refractivity contribution in [2.75, 3.05) is 44.2 Å². The summed E-state index contributed by atoms with van der Waals surface area (Å²) >= 11 is 11.9. The molecule has 0 aliphatic carbocycles. The first kappa shape index (κ1) is 21.8. The van der Waals surface area contributed by atoms with E-state index in [9.17, 15) is 4.79 Å². The molecular weight excluding hydrogens is 409 g/mol. The van der Waals surface area contributed by atoms with Crippen molar-refractivity contribution in [3.05, 3.63) is 58.6 Å². The maximum absolute atomic E-state index is 12.5. The molecule has 1 aliphatic rings. The van der Waals surface area contributed by atoms with E-state index in [0.717, 1.165) is 37.7 Å². The van der Waals surface area contributed by atoms with Crippen molar-refractivity contribution in [3.8, 4) is 5.75 Å². The van der Waals surface area contributed by atoms with Gasteiger partial charge in [0, 0.05) is 55.0 Å². The fourth-order valence-electron chi connectivity index (χ4n) is 3.27. The summed E-state index contributed by atoms with van der Waals surface area (Å²) in [7, 11) is 0. The average Bonchev–Trinajstić information content (AvgIpc) is 2.71. The normalized spacial score (nSPS) is 15.2. The van der Waals surface area contributed by atoms with Crippen LogP contribution in [-0.2, 0) is 4.79 Å². The van der Waals surface area contributed by atoms with Gasteiger partial charge < -0.3 is 15.0 Å². The van der Waals surface area contributed by atoms with Crippen LogP contribution < -0.4 is 15.0 Å². The van der Waals surface area contributed by atoms with Crippen LogP contribution in [0.25, 0.3) is 0 Å². The molecule has 3 rings (SSSR count). The molecule has 0 radical (unpaired) electrons. The standard InChI is InChI=1S/C22H27Cl2N3O2/c1-22(2,29-20-9-5-18(24)6-10-20)21(28)25-11-12-26-13-15-27(16-14-26)19-7-3-17(23)4-8-19/h3-10H,11-16H2,1-2H3,(H,25,28). The molecule has 29 heavy (non-hydrogen) atoms. The Labute approximate surface area is 182 Å². The van der Waals surface area contributed by atoms with E-state index in [1.165, 1.54) is 5.69 Å². The topological polar surface area (TPSA) is 44.8 Å². The summed E-state index contributed by atoms with van der Waals surface area (Å²) in [5, 5.41) is 4.38. The number of hydrogen-bond acceptors (Lipinski definition) is 4. The van der Waals surface area contributed by atoms with Gasteiger partial charge in [0.15, 0.2) is 5.60 Å². The summed E-state index contributed by atoms with van der Waals surface area (Å²) in [4.78, 5) is 17.3. The van der Waals surface area contributed by atoms with Gasteiger partial charge in [0.25, 0.3) is 5.91 Å². The molecule has 5 nitrogen and oxygen atoms in total. The first-order chi connectivity index (χ1) is 13.8. The highest BCUT2D eigenvalue weighted by Crippen LogP contribution is 2.21. The predicted molar refractivity (Wildman–Crippen MR) is 119 cm³/mol. The van der Waals surface area contributed by atoms with Crippen LogP contribution in [0.2, 0.25) is 10.0 Å². The summed E-state index contributed by atoms with van der Waals surface area (Å²) in [6, 6.07) is 15.0. The molecule has 156 valence electrons. The Morgan fingerprint density at radius 1 is 0.966 bits per heavy atom. The van der Waals surface area contributed by atoms with Crippen molar-refractivity contribution in [2.45, 2.75) is 19.4 Å². The Hall–Kier alpha value is -1.95. The monoisotopic (exact) mass is 435 g/mol. The maximum Gasteiger partial charge on any atom is 0.263 e. The number of nitrogens with zero attached hydrogens (tertiary/aromatic N) is 2. The quantitative estimate of drug-likeness (QED) is 0.710. The van der Waals surface area contributed by atoms with Gasteiger partial charge in [-0.3, -0.25) is 9.69 Å². The lowest BCUT2D eigenvalue weighted by Crippen LogP contribution is -2.51. The number of carbonyl (C=O) groups is 1. The SMILES string of the molecule is CC(C)(Oc1ccc(Cl)cc1)C(=O)NCCN1CCN(c2ccc(Cl)cc2)CC1. The lowest BCUT2D eigenvalue weighted by Gasteiger charge is -2.36. The van der Waals surface area contributed by atoms with Crippen LogP contribution in [0.5, 0.6) is 5.75 Å². The first-order valence-electron chi connectivity index (χ1n) is 9.79. The van der Waals surface area contributed by atoms with E-state index in [2.05, 4.69) is 27.2 Å². The highest BCUT2D eigenvalue weighted by atomic mass is 35.5. The number of rotatable bonds is 7. The van der Waals surface area contributed by atoms with E-state index >= 15 is 0 Å². The molecule has 0 saturated carbocycles. The molecule has 0 atom stereocenters. The van der Waals surface area contributed by atoms with E-state index in [4.69, 9.17) is 27.9 Å². The number of piperazine rings is 1. The van der Waals surface area contributed by atoms with Crippen LogP contribution in [0, 0.1) is 0 Å². The minimum atomic E-state index is -0.957. The van der Waals surface area contributed by atoms with Gasteiger partial charge in [-0.25, -0.2) is 0 Å². The predicted octanol–water partition coefficient (Wildman–Crippen LogP) is 4.09. The van der Waals surface area contributed by atoms with Gasteiger partial charge in [0.05, 0.1) is 0 Å². The van der Waals surface area contributed by atoms with Crippen molar-refractivity contribution < 1.29 is 9.53 Å². The van der Waals surface area contributed by atoms with Gasteiger partial charge in [0.1, 0.15) is 5.75 Å². The van der Waals surface area contributed by atoms with Crippen LogP contribution in [0.3, 0.4) is 0 Å². The third-order valence-electron chi connectivity index (χ3n) is 5.01. The Kier molecular flexibility index (Phi) is 7.28. The van der Waals surface area contributed by atoms with Crippen molar-refractivity contribution in [2.24, 2.45) is 0 Å². The van der Waals surface area contributed by atoms with Crippen LogP contribution in [-0.4, -0.2) is 55.7 Å². The molecule has 1 N–H and O–H groups in total. The maximum atomic E-state index is 12.5. The molecule has 1 saturated heterocycles. The Morgan fingerprint density at radius 3 is 2.10 bits per heavy atom. The number of carbonyl (C=O) groups excluding carboxylic acids is 1. The Balaban J connectivity index is 1.40. The summed E-state index contributed by atoms with van der Waals surface area (Å²) in [6.07, 6.45) is 0. The third kappa shape index (κ3) is 6.26. The number of hydrogen-bond donors (Lipinski definition) is 1. The second-order valence-corrected chi connectivity index (χ2v) is 8.50. The zero-order valence-electron chi connectivity index (χ0n) is 16.8. The summed E-state index contributed by atoms with van der Waals surface area (Å²) in [5.74, 6) is 0.486. The molecule has 0 spiro atoms. The van der Waals surface area contributed by atoms with E-state index in [1.54, 1.807) is 38.1 Å². The van der Waals surface area contributed by atoms with Crippen molar-refractivity contribution in [1.82, 2.24) is 10.2 Å². The highest BCUT2D eigenvalue weighted by molar-refractivity contribution is 6.30. The fraction of sp³-hybridized carbons (Fsp3) is 0.409.